The lowest BCUT2D eigenvalue weighted by molar-refractivity contribution is 0.0168. The zero-order valence-electron chi connectivity index (χ0n) is 8.38. The summed E-state index contributed by atoms with van der Waals surface area (Å²) in [5.41, 5.74) is 6.19. The molecule has 0 radical (unpaired) electrons. The lowest BCUT2D eigenvalue weighted by Crippen LogP contribution is -2.47. The molecule has 0 saturated heterocycles. The van der Waals surface area contributed by atoms with Gasteiger partial charge < -0.3 is 10.8 Å². The van der Waals surface area contributed by atoms with E-state index in [0.29, 0.717) is 24.5 Å². The molecule has 1 saturated carbocycles. The fraction of sp³-hybridized carbons (Fsp3) is 1.00. The first-order valence-electron chi connectivity index (χ1n) is 4.86. The summed E-state index contributed by atoms with van der Waals surface area (Å²) >= 11 is 0. The highest BCUT2D eigenvalue weighted by Crippen LogP contribution is 2.43. The minimum atomic E-state index is 0.201. The summed E-state index contributed by atoms with van der Waals surface area (Å²) in [7, 11) is 0. The summed E-state index contributed by atoms with van der Waals surface area (Å²) in [4.78, 5) is 0. The fourth-order valence-corrected chi connectivity index (χ4v) is 2.27. The summed E-state index contributed by atoms with van der Waals surface area (Å²) < 4.78 is 0. The van der Waals surface area contributed by atoms with E-state index < -0.39 is 0 Å². The quantitative estimate of drug-likeness (QED) is 0.626. The number of hydrogen-bond donors (Lipinski definition) is 2. The first-order valence-corrected chi connectivity index (χ1v) is 4.86. The molecule has 3 N–H and O–H groups in total. The van der Waals surface area contributed by atoms with Crippen LogP contribution >= 0.6 is 0 Å². The van der Waals surface area contributed by atoms with E-state index in [9.17, 15) is 5.11 Å². The Morgan fingerprint density at radius 1 is 1.42 bits per heavy atom. The van der Waals surface area contributed by atoms with Gasteiger partial charge in [-0.1, -0.05) is 20.8 Å². The minimum Gasteiger partial charge on any atom is -0.396 e. The van der Waals surface area contributed by atoms with Crippen LogP contribution < -0.4 is 5.73 Å². The second-order valence-corrected chi connectivity index (χ2v) is 4.73. The van der Waals surface area contributed by atoms with Crippen molar-refractivity contribution >= 4 is 0 Å². The molecule has 1 fully saturated rings. The molecular formula is C10H21NO. The van der Waals surface area contributed by atoms with Crippen molar-refractivity contribution in [2.45, 2.75) is 39.7 Å². The molecule has 0 aromatic carbocycles. The zero-order valence-corrected chi connectivity index (χ0v) is 8.38. The van der Waals surface area contributed by atoms with E-state index in [1.165, 1.54) is 0 Å². The van der Waals surface area contributed by atoms with Gasteiger partial charge in [-0.15, -0.1) is 0 Å². The van der Waals surface area contributed by atoms with Crippen molar-refractivity contribution in [2.24, 2.45) is 23.0 Å². The van der Waals surface area contributed by atoms with Gasteiger partial charge in [-0.25, -0.2) is 0 Å². The van der Waals surface area contributed by atoms with Crippen molar-refractivity contribution in [3.8, 4) is 0 Å². The van der Waals surface area contributed by atoms with E-state index in [-0.39, 0.29) is 5.41 Å². The Bertz CT molecular complexity index is 152. The molecule has 2 nitrogen and oxygen atoms in total. The lowest BCUT2D eigenvalue weighted by atomic mass is 9.61. The second-order valence-electron chi connectivity index (χ2n) is 4.73. The fourth-order valence-electron chi connectivity index (χ4n) is 2.27. The molecule has 3 atom stereocenters. The Labute approximate surface area is 75.2 Å². The van der Waals surface area contributed by atoms with Gasteiger partial charge in [0, 0.05) is 12.6 Å². The van der Waals surface area contributed by atoms with Crippen LogP contribution in [-0.4, -0.2) is 17.8 Å². The molecule has 72 valence electrons. The molecule has 0 spiro atoms. The highest BCUT2D eigenvalue weighted by Gasteiger charge is 2.40. The van der Waals surface area contributed by atoms with Gasteiger partial charge in [-0.05, 0) is 30.1 Å². The summed E-state index contributed by atoms with van der Waals surface area (Å²) in [5, 5.41) is 9.19. The number of aliphatic hydroxyl groups is 1. The Morgan fingerprint density at radius 3 is 2.50 bits per heavy atom. The van der Waals surface area contributed by atoms with Crippen molar-refractivity contribution in [3.63, 3.8) is 0 Å². The monoisotopic (exact) mass is 171 g/mol. The van der Waals surface area contributed by atoms with Crippen molar-refractivity contribution in [3.05, 3.63) is 0 Å². The normalized spacial score (nSPS) is 41.2. The van der Waals surface area contributed by atoms with E-state index in [1.54, 1.807) is 0 Å². The maximum atomic E-state index is 9.19. The van der Waals surface area contributed by atoms with Gasteiger partial charge in [0.2, 0.25) is 0 Å². The average Bonchev–Trinajstić information content (AvgIpc) is 2.01. The van der Waals surface area contributed by atoms with Crippen molar-refractivity contribution in [1.82, 2.24) is 0 Å². The Kier molecular flexibility index (Phi) is 2.79. The number of rotatable bonds is 1. The maximum absolute atomic E-state index is 9.19. The lowest BCUT2D eigenvalue weighted by Gasteiger charge is -2.46. The third kappa shape index (κ3) is 1.50. The number of hydrogen-bond acceptors (Lipinski definition) is 2. The van der Waals surface area contributed by atoms with Gasteiger partial charge >= 0.3 is 0 Å². The SMILES string of the molecule is C[C@H]1[C@H](N)CC[C@H](CO)C1(C)C. The molecule has 12 heavy (non-hydrogen) atoms. The summed E-state index contributed by atoms with van der Waals surface area (Å²) in [6, 6.07) is 0.322. The molecule has 0 aromatic rings. The van der Waals surface area contributed by atoms with Crippen LogP contribution in [-0.2, 0) is 0 Å². The molecule has 2 heteroatoms. The van der Waals surface area contributed by atoms with Gasteiger partial charge in [-0.3, -0.25) is 0 Å². The van der Waals surface area contributed by atoms with E-state index in [1.807, 2.05) is 0 Å². The summed E-state index contributed by atoms with van der Waals surface area (Å²) in [5.74, 6) is 0.954. The molecule has 0 bridgehead atoms. The van der Waals surface area contributed by atoms with E-state index in [0.717, 1.165) is 12.8 Å². The Morgan fingerprint density at radius 2 is 2.00 bits per heavy atom. The Hall–Kier alpha value is -0.0800. The molecule has 0 heterocycles. The van der Waals surface area contributed by atoms with Crippen molar-refractivity contribution in [1.29, 1.82) is 0 Å². The van der Waals surface area contributed by atoms with Crippen LogP contribution in [0.4, 0.5) is 0 Å². The summed E-state index contributed by atoms with van der Waals surface area (Å²) in [6.07, 6.45) is 2.14. The summed E-state index contributed by atoms with van der Waals surface area (Å²) in [6.45, 7) is 6.95. The third-order valence-corrected chi connectivity index (χ3v) is 3.94. The third-order valence-electron chi connectivity index (χ3n) is 3.94. The van der Waals surface area contributed by atoms with Crippen LogP contribution in [0, 0.1) is 17.3 Å². The molecule has 0 aliphatic heterocycles. The van der Waals surface area contributed by atoms with E-state index in [2.05, 4.69) is 20.8 Å². The van der Waals surface area contributed by atoms with Crippen LogP contribution in [0.2, 0.25) is 0 Å². The van der Waals surface area contributed by atoms with Crippen molar-refractivity contribution in [2.75, 3.05) is 6.61 Å². The molecular weight excluding hydrogens is 150 g/mol. The second kappa shape index (κ2) is 3.35. The maximum Gasteiger partial charge on any atom is 0.0464 e. The smallest absolute Gasteiger partial charge is 0.0464 e. The van der Waals surface area contributed by atoms with Crippen LogP contribution in [0.1, 0.15) is 33.6 Å². The molecule has 1 aliphatic rings. The van der Waals surface area contributed by atoms with Crippen LogP contribution in [0.5, 0.6) is 0 Å². The highest BCUT2D eigenvalue weighted by molar-refractivity contribution is 4.92. The van der Waals surface area contributed by atoms with Crippen molar-refractivity contribution < 1.29 is 5.11 Å². The van der Waals surface area contributed by atoms with E-state index >= 15 is 0 Å². The topological polar surface area (TPSA) is 46.2 Å². The van der Waals surface area contributed by atoms with Crippen LogP contribution in [0.25, 0.3) is 0 Å². The molecule has 1 rings (SSSR count). The standard InChI is InChI=1S/C10H21NO/c1-7-9(11)5-4-8(6-12)10(7,2)3/h7-9,12H,4-6,11H2,1-3H3/t7-,8+,9+/m0/s1. The predicted octanol–water partition coefficient (Wildman–Crippen LogP) is 1.38. The molecule has 0 unspecified atom stereocenters. The van der Waals surface area contributed by atoms with Gasteiger partial charge in [0.1, 0.15) is 0 Å². The van der Waals surface area contributed by atoms with Crippen LogP contribution in [0.3, 0.4) is 0 Å². The van der Waals surface area contributed by atoms with E-state index in [4.69, 9.17) is 5.73 Å². The number of aliphatic hydroxyl groups excluding tert-OH is 1. The molecule has 1 aliphatic carbocycles. The average molecular weight is 171 g/mol. The van der Waals surface area contributed by atoms with Gasteiger partial charge in [0.15, 0.2) is 0 Å². The molecule has 0 amide bonds. The molecule has 0 aromatic heterocycles. The zero-order chi connectivity index (χ0) is 9.35. The highest BCUT2D eigenvalue weighted by atomic mass is 16.3. The van der Waals surface area contributed by atoms with Gasteiger partial charge in [0.25, 0.3) is 0 Å². The van der Waals surface area contributed by atoms with Crippen LogP contribution in [0.15, 0.2) is 0 Å². The first kappa shape index (κ1) is 10.0. The Balaban J connectivity index is 2.73. The van der Waals surface area contributed by atoms with Gasteiger partial charge in [0.05, 0.1) is 0 Å². The first-order chi connectivity index (χ1) is 5.50. The minimum absolute atomic E-state index is 0.201. The largest absolute Gasteiger partial charge is 0.396 e. The van der Waals surface area contributed by atoms with Gasteiger partial charge in [-0.2, -0.15) is 0 Å². The number of nitrogens with two attached hydrogens (primary N) is 1. The predicted molar refractivity (Wildman–Crippen MR) is 50.7 cm³/mol.